The quantitative estimate of drug-likeness (QED) is 0.537. The Labute approximate surface area is 141 Å². The summed E-state index contributed by atoms with van der Waals surface area (Å²) in [6.45, 7) is 2.01. The van der Waals surface area contributed by atoms with Crippen LogP contribution in [0.2, 0.25) is 0 Å². The average Bonchev–Trinajstić information content (AvgIpc) is 3.20. The second-order valence-electron chi connectivity index (χ2n) is 5.95. The van der Waals surface area contributed by atoms with Crippen LogP contribution in [0, 0.1) is 0 Å². The molecule has 0 amide bonds. The molecule has 1 aliphatic rings. The van der Waals surface area contributed by atoms with Crippen LogP contribution in [0.25, 0.3) is 22.1 Å². The van der Waals surface area contributed by atoms with Crippen molar-refractivity contribution in [2.45, 2.75) is 12.8 Å². The molecular formula is C19H13N3OS. The molecule has 4 aromatic rings. The van der Waals surface area contributed by atoms with Gasteiger partial charge >= 0.3 is 0 Å². The number of hydrogen-bond acceptors (Lipinski definition) is 4. The lowest BCUT2D eigenvalue weighted by atomic mass is 9.96. The first-order valence-corrected chi connectivity index (χ1v) is 8.60. The van der Waals surface area contributed by atoms with E-state index in [1.807, 2.05) is 55.5 Å². The molecule has 1 unspecified atom stereocenters. The minimum Gasteiger partial charge on any atom is -0.267 e. The Balaban J connectivity index is 1.76. The summed E-state index contributed by atoms with van der Waals surface area (Å²) >= 11 is 1.44. The van der Waals surface area contributed by atoms with Crippen molar-refractivity contribution in [1.82, 2.24) is 9.38 Å². The molecule has 24 heavy (non-hydrogen) atoms. The summed E-state index contributed by atoms with van der Waals surface area (Å²) in [6.07, 6.45) is 2.03. The Bertz CT molecular complexity index is 1250. The van der Waals surface area contributed by atoms with Crippen molar-refractivity contribution in [2.75, 3.05) is 0 Å². The van der Waals surface area contributed by atoms with Gasteiger partial charge in [-0.15, -0.1) is 0 Å². The molecule has 0 N–H and O–H groups in total. The van der Waals surface area contributed by atoms with Gasteiger partial charge in [-0.1, -0.05) is 41.7 Å². The van der Waals surface area contributed by atoms with Crippen molar-refractivity contribution in [3.63, 3.8) is 0 Å². The van der Waals surface area contributed by atoms with Crippen molar-refractivity contribution in [2.24, 2.45) is 4.99 Å². The van der Waals surface area contributed by atoms with E-state index in [9.17, 15) is 4.79 Å². The second-order valence-corrected chi connectivity index (χ2v) is 6.96. The highest BCUT2D eigenvalue weighted by Crippen LogP contribution is 2.36. The minimum absolute atomic E-state index is 0.000816. The highest BCUT2D eigenvalue weighted by Gasteiger charge is 2.22. The summed E-state index contributed by atoms with van der Waals surface area (Å²) in [5.41, 5.74) is 4.90. The third-order valence-corrected chi connectivity index (χ3v) is 5.47. The number of imidazole rings is 1. The number of thiazole rings is 1. The van der Waals surface area contributed by atoms with Gasteiger partial charge < -0.3 is 0 Å². The van der Waals surface area contributed by atoms with E-state index in [2.05, 4.69) is 16.0 Å². The Morgan fingerprint density at radius 1 is 1.12 bits per heavy atom. The van der Waals surface area contributed by atoms with E-state index in [0.717, 1.165) is 37.5 Å². The van der Waals surface area contributed by atoms with E-state index in [1.165, 1.54) is 11.3 Å². The van der Waals surface area contributed by atoms with Crippen molar-refractivity contribution in [3.05, 3.63) is 69.0 Å². The fourth-order valence-electron chi connectivity index (χ4n) is 3.32. The number of nitrogens with zero attached hydrogens (tertiary/aromatic N) is 3. The third-order valence-electron chi connectivity index (χ3n) is 4.48. The van der Waals surface area contributed by atoms with E-state index in [-0.39, 0.29) is 11.5 Å². The summed E-state index contributed by atoms with van der Waals surface area (Å²) in [5, 5.41) is 0. The van der Waals surface area contributed by atoms with E-state index in [1.54, 1.807) is 4.40 Å². The SMILES string of the molecule is CC1=Nc2ccccc2C1/C=c1/sc2nc3ccccc3n2c1=O. The maximum Gasteiger partial charge on any atom is 0.274 e. The number of aromatic nitrogens is 2. The molecule has 0 bridgehead atoms. The van der Waals surface area contributed by atoms with Crippen LogP contribution in [0.4, 0.5) is 5.69 Å². The number of para-hydroxylation sites is 3. The van der Waals surface area contributed by atoms with Gasteiger partial charge in [0.05, 0.1) is 21.3 Å². The van der Waals surface area contributed by atoms with E-state index < -0.39 is 0 Å². The van der Waals surface area contributed by atoms with Gasteiger partial charge in [0.2, 0.25) is 0 Å². The number of hydrogen-bond donors (Lipinski definition) is 0. The molecule has 1 aliphatic heterocycles. The molecule has 0 fully saturated rings. The van der Waals surface area contributed by atoms with Crippen LogP contribution in [-0.4, -0.2) is 15.1 Å². The van der Waals surface area contributed by atoms with Crippen LogP contribution < -0.4 is 10.1 Å². The van der Waals surface area contributed by atoms with Gasteiger partial charge in [-0.05, 0) is 36.8 Å². The number of rotatable bonds is 1. The third kappa shape index (κ3) is 1.82. The molecule has 0 aliphatic carbocycles. The zero-order chi connectivity index (χ0) is 16.3. The standard InChI is InChI=1S/C19H13N3OS/c1-11-13(12-6-2-3-7-14(12)20-11)10-17-18(23)22-16-9-5-4-8-15(16)21-19(22)24-17/h2-10,13H,1H3/b17-10+. The molecule has 4 nitrogen and oxygen atoms in total. The first-order chi connectivity index (χ1) is 11.7. The molecule has 1 atom stereocenters. The molecule has 3 heterocycles. The van der Waals surface area contributed by atoms with Crippen LogP contribution in [0.3, 0.4) is 0 Å². The molecule has 2 aromatic heterocycles. The predicted octanol–water partition coefficient (Wildman–Crippen LogP) is 3.30. The number of benzene rings is 2. The average molecular weight is 331 g/mol. The van der Waals surface area contributed by atoms with Crippen molar-refractivity contribution < 1.29 is 0 Å². The van der Waals surface area contributed by atoms with Crippen LogP contribution in [0.5, 0.6) is 0 Å². The number of aliphatic imine (C=N–C) groups is 1. The van der Waals surface area contributed by atoms with E-state index in [0.29, 0.717) is 0 Å². The van der Waals surface area contributed by atoms with Crippen LogP contribution in [-0.2, 0) is 0 Å². The maximum atomic E-state index is 12.9. The maximum absolute atomic E-state index is 12.9. The first kappa shape index (κ1) is 13.6. The molecule has 0 spiro atoms. The van der Waals surface area contributed by atoms with Gasteiger partial charge in [0.1, 0.15) is 0 Å². The lowest BCUT2D eigenvalue weighted by Crippen LogP contribution is -2.24. The summed E-state index contributed by atoms with van der Waals surface area (Å²) in [6, 6.07) is 15.8. The number of fused-ring (bicyclic) bond motifs is 4. The fraction of sp³-hybridized carbons (Fsp3) is 0.105. The molecule has 2 aromatic carbocycles. The molecule has 5 rings (SSSR count). The lowest BCUT2D eigenvalue weighted by molar-refractivity contribution is 1.17. The van der Waals surface area contributed by atoms with Gasteiger partial charge in [0.15, 0.2) is 4.96 Å². The topological polar surface area (TPSA) is 46.7 Å². The van der Waals surface area contributed by atoms with Crippen LogP contribution in [0.1, 0.15) is 18.4 Å². The molecule has 5 heteroatoms. The fourth-order valence-corrected chi connectivity index (χ4v) is 4.32. The zero-order valence-corrected chi connectivity index (χ0v) is 13.7. The van der Waals surface area contributed by atoms with Gasteiger partial charge in [-0.25, -0.2) is 9.38 Å². The molecule has 0 radical (unpaired) electrons. The van der Waals surface area contributed by atoms with Gasteiger partial charge in [-0.2, -0.15) is 0 Å². The van der Waals surface area contributed by atoms with Crippen molar-refractivity contribution in [3.8, 4) is 0 Å². The first-order valence-electron chi connectivity index (χ1n) is 7.78. The van der Waals surface area contributed by atoms with Gasteiger partial charge in [-0.3, -0.25) is 9.79 Å². The molecular weight excluding hydrogens is 318 g/mol. The van der Waals surface area contributed by atoms with E-state index >= 15 is 0 Å². The highest BCUT2D eigenvalue weighted by molar-refractivity contribution is 7.15. The summed E-state index contributed by atoms with van der Waals surface area (Å²) in [5.74, 6) is 0.0588. The largest absolute Gasteiger partial charge is 0.274 e. The molecule has 116 valence electrons. The minimum atomic E-state index is 0.000816. The Kier molecular flexibility index (Phi) is 2.76. The Morgan fingerprint density at radius 3 is 2.83 bits per heavy atom. The normalized spacial score (nSPS) is 17.6. The second kappa shape index (κ2) is 4.85. The van der Waals surface area contributed by atoms with Gasteiger partial charge in [0.25, 0.3) is 5.56 Å². The molecule has 0 saturated carbocycles. The summed E-state index contributed by atoms with van der Waals surface area (Å²) < 4.78 is 2.43. The van der Waals surface area contributed by atoms with Crippen LogP contribution >= 0.6 is 11.3 Å². The highest BCUT2D eigenvalue weighted by atomic mass is 32.1. The van der Waals surface area contributed by atoms with E-state index in [4.69, 9.17) is 0 Å². The van der Waals surface area contributed by atoms with Crippen molar-refractivity contribution in [1.29, 1.82) is 0 Å². The Morgan fingerprint density at radius 2 is 1.92 bits per heavy atom. The predicted molar refractivity (Wildman–Crippen MR) is 98.5 cm³/mol. The monoisotopic (exact) mass is 331 g/mol. The zero-order valence-electron chi connectivity index (χ0n) is 12.9. The lowest BCUT2D eigenvalue weighted by Gasteiger charge is -2.05. The van der Waals surface area contributed by atoms with Gasteiger partial charge in [0, 0.05) is 11.6 Å². The Hall–Kier alpha value is -2.79. The van der Waals surface area contributed by atoms with Crippen LogP contribution in [0.15, 0.2) is 58.3 Å². The smallest absolute Gasteiger partial charge is 0.267 e. The molecule has 0 saturated heterocycles. The van der Waals surface area contributed by atoms with Crippen molar-refractivity contribution >= 4 is 44.8 Å². The summed E-state index contributed by atoms with van der Waals surface area (Å²) in [7, 11) is 0. The summed E-state index contributed by atoms with van der Waals surface area (Å²) in [4.78, 5) is 22.8.